The van der Waals surface area contributed by atoms with Gasteiger partial charge in [-0.25, -0.2) is 0 Å². The zero-order valence-electron chi connectivity index (χ0n) is 14.7. The van der Waals surface area contributed by atoms with Crippen molar-refractivity contribution in [1.29, 1.82) is 0 Å². The average Bonchev–Trinajstić information content (AvgIpc) is 2.86. The van der Waals surface area contributed by atoms with E-state index in [4.69, 9.17) is 4.74 Å². The number of carbonyl (C=O) groups excluding carboxylic acids is 1. The summed E-state index contributed by atoms with van der Waals surface area (Å²) in [6.45, 7) is 3.96. The van der Waals surface area contributed by atoms with Gasteiger partial charge in [0.15, 0.2) is 0 Å². The number of methoxy groups -OCH3 is 1. The topological polar surface area (TPSA) is 41.6 Å². The molecule has 1 amide bonds. The molecule has 24 heavy (non-hydrogen) atoms. The number of benzene rings is 1. The van der Waals surface area contributed by atoms with Crippen LogP contribution in [0, 0.1) is 5.92 Å². The van der Waals surface area contributed by atoms with Gasteiger partial charge in [-0.05, 0) is 43.2 Å². The molecule has 2 bridgehead atoms. The summed E-state index contributed by atoms with van der Waals surface area (Å²) in [6, 6.07) is 9.23. The lowest BCUT2D eigenvalue weighted by Crippen LogP contribution is -2.39. The largest absolute Gasteiger partial charge is 0.496 e. The third kappa shape index (κ3) is 4.64. The van der Waals surface area contributed by atoms with Gasteiger partial charge in [-0.1, -0.05) is 25.1 Å². The fourth-order valence-corrected chi connectivity index (χ4v) is 3.92. The molecule has 0 spiro atoms. The fraction of sp³-hybridized carbons (Fsp3) is 0.632. The van der Waals surface area contributed by atoms with Crippen LogP contribution in [-0.4, -0.2) is 43.1 Å². The first kappa shape index (κ1) is 19.1. The second-order valence-corrected chi connectivity index (χ2v) is 7.09. The summed E-state index contributed by atoms with van der Waals surface area (Å²) in [7, 11) is 1.70. The predicted molar refractivity (Wildman–Crippen MR) is 98.9 cm³/mol. The van der Waals surface area contributed by atoms with Crippen LogP contribution in [0.15, 0.2) is 24.3 Å². The Morgan fingerprint density at radius 3 is 2.83 bits per heavy atom. The van der Waals surface area contributed by atoms with Crippen LogP contribution in [0.2, 0.25) is 0 Å². The minimum atomic E-state index is 0. The number of ether oxygens (including phenoxy) is 1. The van der Waals surface area contributed by atoms with E-state index in [1.807, 2.05) is 18.2 Å². The first-order chi connectivity index (χ1) is 11.2. The number of hydrogen-bond acceptors (Lipinski definition) is 3. The van der Waals surface area contributed by atoms with Crippen molar-refractivity contribution < 1.29 is 9.53 Å². The van der Waals surface area contributed by atoms with Crippen molar-refractivity contribution >= 4 is 18.3 Å². The van der Waals surface area contributed by atoms with E-state index in [1.54, 1.807) is 7.11 Å². The van der Waals surface area contributed by atoms with Crippen LogP contribution >= 0.6 is 12.4 Å². The Kier molecular flexibility index (Phi) is 6.93. The van der Waals surface area contributed by atoms with Gasteiger partial charge in [-0.15, -0.1) is 12.4 Å². The van der Waals surface area contributed by atoms with Gasteiger partial charge >= 0.3 is 0 Å². The molecule has 5 heteroatoms. The lowest BCUT2D eigenvalue weighted by Gasteiger charge is -2.26. The average molecular weight is 353 g/mol. The maximum atomic E-state index is 12.6. The molecule has 2 saturated heterocycles. The normalized spacial score (nSPS) is 24.0. The molecule has 4 nitrogen and oxygen atoms in total. The number of nitrogens with one attached hydrogen (secondary N) is 1. The first-order valence-electron chi connectivity index (χ1n) is 8.81. The summed E-state index contributed by atoms with van der Waals surface area (Å²) in [5, 5.41) is 3.64. The number of halogens is 1. The van der Waals surface area contributed by atoms with Crippen LogP contribution < -0.4 is 10.1 Å². The first-order valence-corrected chi connectivity index (χ1v) is 8.81. The standard InChI is InChI=1S/C19H28N2O2.ClH/c1-14(11-15-5-3-4-6-18(15)23-2)12-19(22)21-10-9-16-7-8-17(13-21)20-16;/h3-6,14,16-17,20H,7-13H2,1-2H3;1H. The van der Waals surface area contributed by atoms with Crippen molar-refractivity contribution in [2.75, 3.05) is 20.2 Å². The maximum Gasteiger partial charge on any atom is 0.222 e. The zero-order chi connectivity index (χ0) is 16.2. The minimum Gasteiger partial charge on any atom is -0.496 e. The van der Waals surface area contributed by atoms with Crippen LogP contribution in [0.5, 0.6) is 5.75 Å². The van der Waals surface area contributed by atoms with Crippen molar-refractivity contribution in [1.82, 2.24) is 10.2 Å². The lowest BCUT2D eigenvalue weighted by molar-refractivity contribution is -0.132. The van der Waals surface area contributed by atoms with Crippen LogP contribution in [0.1, 0.15) is 38.2 Å². The van der Waals surface area contributed by atoms with Crippen molar-refractivity contribution in [3.63, 3.8) is 0 Å². The van der Waals surface area contributed by atoms with Crippen molar-refractivity contribution in [3.05, 3.63) is 29.8 Å². The van der Waals surface area contributed by atoms with Gasteiger partial charge in [0.2, 0.25) is 5.91 Å². The molecule has 134 valence electrons. The number of likely N-dealkylation sites (tertiary alicyclic amines) is 1. The van der Waals surface area contributed by atoms with E-state index in [0.717, 1.165) is 31.7 Å². The van der Waals surface area contributed by atoms with E-state index < -0.39 is 0 Å². The molecule has 0 aromatic heterocycles. The highest BCUT2D eigenvalue weighted by molar-refractivity contribution is 5.85. The van der Waals surface area contributed by atoms with Gasteiger partial charge in [0.25, 0.3) is 0 Å². The summed E-state index contributed by atoms with van der Waals surface area (Å²) in [4.78, 5) is 14.7. The van der Waals surface area contributed by atoms with Crippen LogP contribution in [0.4, 0.5) is 0 Å². The lowest BCUT2D eigenvalue weighted by atomic mass is 9.96. The highest BCUT2D eigenvalue weighted by Crippen LogP contribution is 2.24. The van der Waals surface area contributed by atoms with Crippen molar-refractivity contribution in [2.45, 2.75) is 51.1 Å². The van der Waals surface area contributed by atoms with Crippen molar-refractivity contribution in [2.24, 2.45) is 5.92 Å². The molecular weight excluding hydrogens is 324 g/mol. The van der Waals surface area contributed by atoms with Gasteiger partial charge in [0.1, 0.15) is 5.75 Å². The summed E-state index contributed by atoms with van der Waals surface area (Å²) in [6.07, 6.45) is 5.09. The molecule has 2 aliphatic rings. The van der Waals surface area contributed by atoms with Crippen LogP contribution in [0.3, 0.4) is 0 Å². The Bertz CT molecular complexity index is 552. The Labute approximate surface area is 151 Å². The molecular formula is C19H29ClN2O2. The number of fused-ring (bicyclic) bond motifs is 2. The Morgan fingerprint density at radius 2 is 2.04 bits per heavy atom. The summed E-state index contributed by atoms with van der Waals surface area (Å²) in [5.41, 5.74) is 1.19. The summed E-state index contributed by atoms with van der Waals surface area (Å²) in [5.74, 6) is 1.55. The monoisotopic (exact) mass is 352 g/mol. The van der Waals surface area contributed by atoms with Crippen molar-refractivity contribution in [3.8, 4) is 5.75 Å². The highest BCUT2D eigenvalue weighted by atomic mass is 35.5. The molecule has 3 unspecified atom stereocenters. The molecule has 2 heterocycles. The summed E-state index contributed by atoms with van der Waals surface area (Å²) < 4.78 is 5.41. The Balaban J connectivity index is 0.00000208. The van der Waals surface area contributed by atoms with E-state index in [9.17, 15) is 4.79 Å². The molecule has 0 aliphatic carbocycles. The number of hydrogen-bond donors (Lipinski definition) is 1. The van der Waals surface area contributed by atoms with E-state index >= 15 is 0 Å². The minimum absolute atomic E-state index is 0. The predicted octanol–water partition coefficient (Wildman–Crippen LogP) is 3.04. The van der Waals surface area contributed by atoms with Gasteiger partial charge in [-0.3, -0.25) is 4.79 Å². The number of amides is 1. The van der Waals surface area contributed by atoms with Gasteiger partial charge in [0.05, 0.1) is 7.11 Å². The SMILES string of the molecule is COc1ccccc1CC(C)CC(=O)N1CCC2CCC(C1)N2.Cl. The summed E-state index contributed by atoms with van der Waals surface area (Å²) >= 11 is 0. The molecule has 2 fully saturated rings. The van der Waals surface area contributed by atoms with Crippen LogP contribution in [-0.2, 0) is 11.2 Å². The molecule has 0 radical (unpaired) electrons. The van der Waals surface area contributed by atoms with E-state index in [1.165, 1.54) is 18.4 Å². The fourth-order valence-electron chi connectivity index (χ4n) is 3.92. The smallest absolute Gasteiger partial charge is 0.222 e. The molecule has 1 aromatic carbocycles. The highest BCUT2D eigenvalue weighted by Gasteiger charge is 2.31. The van der Waals surface area contributed by atoms with E-state index in [-0.39, 0.29) is 12.4 Å². The van der Waals surface area contributed by atoms with Gasteiger partial charge in [-0.2, -0.15) is 0 Å². The van der Waals surface area contributed by atoms with Crippen LogP contribution in [0.25, 0.3) is 0 Å². The third-order valence-corrected chi connectivity index (χ3v) is 5.16. The molecule has 1 N–H and O–H groups in total. The second kappa shape index (κ2) is 8.72. The number of rotatable bonds is 5. The maximum absolute atomic E-state index is 12.6. The van der Waals surface area contributed by atoms with E-state index in [0.29, 0.717) is 30.3 Å². The van der Waals surface area contributed by atoms with Gasteiger partial charge in [0, 0.05) is 31.6 Å². The quantitative estimate of drug-likeness (QED) is 0.885. The van der Waals surface area contributed by atoms with E-state index in [2.05, 4.69) is 23.2 Å². The molecule has 0 saturated carbocycles. The molecule has 3 rings (SSSR count). The zero-order valence-corrected chi connectivity index (χ0v) is 15.5. The Hall–Kier alpha value is -1.26. The number of nitrogens with zero attached hydrogens (tertiary/aromatic N) is 1. The second-order valence-electron chi connectivity index (χ2n) is 7.09. The molecule has 2 aliphatic heterocycles. The number of para-hydroxylation sites is 1. The Morgan fingerprint density at radius 1 is 1.29 bits per heavy atom. The molecule has 3 atom stereocenters. The number of carbonyl (C=O) groups is 1. The molecule has 1 aromatic rings. The third-order valence-electron chi connectivity index (χ3n) is 5.16. The van der Waals surface area contributed by atoms with Gasteiger partial charge < -0.3 is 15.0 Å².